The van der Waals surface area contributed by atoms with Crippen LogP contribution in [0.15, 0.2) is 54.6 Å². The number of carboxylic acid groups (broad SMARTS) is 1. The third kappa shape index (κ3) is 4.33. The normalized spacial score (nSPS) is 18.2. The van der Waals surface area contributed by atoms with Crippen LogP contribution in [0, 0.1) is 0 Å². The van der Waals surface area contributed by atoms with E-state index in [1.807, 2.05) is 18.2 Å². The first kappa shape index (κ1) is 18.2. The Kier molecular flexibility index (Phi) is 5.75. The minimum absolute atomic E-state index is 0.0124. The lowest BCUT2D eigenvalue weighted by molar-refractivity contribution is -0.161. The van der Waals surface area contributed by atoms with E-state index in [1.165, 1.54) is 4.90 Å². The average molecular weight is 376 g/mol. The Bertz CT molecular complexity index is 765. The molecule has 26 heavy (non-hydrogen) atoms. The highest BCUT2D eigenvalue weighted by Gasteiger charge is 2.34. The second-order valence-electron chi connectivity index (χ2n) is 5.84. The summed E-state index contributed by atoms with van der Waals surface area (Å²) < 4.78 is 11.1. The lowest BCUT2D eigenvalue weighted by Crippen LogP contribution is -2.50. The van der Waals surface area contributed by atoms with Gasteiger partial charge in [0.25, 0.3) is 5.91 Å². The van der Waals surface area contributed by atoms with Gasteiger partial charge in [0.1, 0.15) is 5.75 Å². The van der Waals surface area contributed by atoms with E-state index in [-0.39, 0.29) is 19.1 Å². The molecule has 1 fully saturated rings. The zero-order chi connectivity index (χ0) is 18.5. The van der Waals surface area contributed by atoms with Crippen LogP contribution in [0.3, 0.4) is 0 Å². The number of rotatable bonds is 5. The van der Waals surface area contributed by atoms with E-state index >= 15 is 0 Å². The molecule has 2 unspecified atom stereocenters. The van der Waals surface area contributed by atoms with Crippen LogP contribution in [0.1, 0.15) is 11.7 Å². The SMILES string of the molecule is O=C(O)C1CN(C(=O)C(Oc2ccc(Cl)cc2)c2ccccc2)CCO1. The minimum Gasteiger partial charge on any atom is -0.479 e. The average Bonchev–Trinajstić information content (AvgIpc) is 2.68. The Balaban J connectivity index is 1.84. The number of hydrogen-bond donors (Lipinski definition) is 1. The Hall–Kier alpha value is -2.57. The maximum absolute atomic E-state index is 13.1. The highest BCUT2D eigenvalue weighted by Crippen LogP contribution is 2.26. The molecule has 2 aromatic carbocycles. The summed E-state index contributed by atoms with van der Waals surface area (Å²) >= 11 is 5.89. The van der Waals surface area contributed by atoms with Crippen molar-refractivity contribution in [1.82, 2.24) is 4.90 Å². The fraction of sp³-hybridized carbons (Fsp3) is 0.263. The fourth-order valence-corrected chi connectivity index (χ4v) is 2.83. The molecule has 0 radical (unpaired) electrons. The number of carboxylic acids is 1. The van der Waals surface area contributed by atoms with E-state index in [1.54, 1.807) is 36.4 Å². The van der Waals surface area contributed by atoms with Crippen LogP contribution in [0.25, 0.3) is 0 Å². The Morgan fingerprint density at radius 1 is 1.15 bits per heavy atom. The van der Waals surface area contributed by atoms with Gasteiger partial charge in [0, 0.05) is 17.1 Å². The summed E-state index contributed by atoms with van der Waals surface area (Å²) in [6.07, 6.45) is -1.91. The van der Waals surface area contributed by atoms with Gasteiger partial charge in [-0.1, -0.05) is 41.9 Å². The third-order valence-corrected chi connectivity index (χ3v) is 4.30. The van der Waals surface area contributed by atoms with Crippen LogP contribution in [0.4, 0.5) is 0 Å². The van der Waals surface area contributed by atoms with Gasteiger partial charge in [0.2, 0.25) is 6.10 Å². The first-order valence-electron chi connectivity index (χ1n) is 8.15. The summed E-state index contributed by atoms with van der Waals surface area (Å²) in [5.41, 5.74) is 0.686. The summed E-state index contributed by atoms with van der Waals surface area (Å²) in [4.78, 5) is 25.7. The number of aliphatic carboxylic acids is 1. The molecule has 0 aromatic heterocycles. The Morgan fingerprint density at radius 3 is 2.50 bits per heavy atom. The highest BCUT2D eigenvalue weighted by molar-refractivity contribution is 6.30. The van der Waals surface area contributed by atoms with Crippen molar-refractivity contribution in [3.05, 3.63) is 65.2 Å². The molecule has 1 N–H and O–H groups in total. The maximum atomic E-state index is 13.1. The number of carbonyl (C=O) groups excluding carboxylic acids is 1. The second-order valence-corrected chi connectivity index (χ2v) is 6.28. The minimum atomic E-state index is -1.09. The van der Waals surface area contributed by atoms with E-state index in [4.69, 9.17) is 26.2 Å². The molecule has 1 aliphatic rings. The molecule has 136 valence electrons. The maximum Gasteiger partial charge on any atom is 0.334 e. The van der Waals surface area contributed by atoms with E-state index in [9.17, 15) is 9.59 Å². The molecule has 2 aromatic rings. The summed E-state index contributed by atoms with van der Waals surface area (Å²) in [5, 5.41) is 9.71. The molecule has 3 rings (SSSR count). The number of hydrogen-bond acceptors (Lipinski definition) is 4. The number of benzene rings is 2. The smallest absolute Gasteiger partial charge is 0.334 e. The van der Waals surface area contributed by atoms with E-state index < -0.39 is 18.2 Å². The number of nitrogens with zero attached hydrogens (tertiary/aromatic N) is 1. The summed E-state index contributed by atoms with van der Waals surface area (Å²) in [7, 11) is 0. The van der Waals surface area contributed by atoms with Crippen LogP contribution < -0.4 is 4.74 Å². The van der Waals surface area contributed by atoms with E-state index in [0.717, 1.165) is 0 Å². The topological polar surface area (TPSA) is 76.1 Å². The predicted molar refractivity (Wildman–Crippen MR) is 95.2 cm³/mol. The van der Waals surface area contributed by atoms with Crippen LogP contribution >= 0.6 is 11.6 Å². The molecule has 1 saturated heterocycles. The van der Waals surface area contributed by atoms with E-state index in [0.29, 0.717) is 22.9 Å². The zero-order valence-electron chi connectivity index (χ0n) is 13.9. The second kappa shape index (κ2) is 8.21. The van der Waals surface area contributed by atoms with Crippen molar-refractivity contribution in [2.24, 2.45) is 0 Å². The fourth-order valence-electron chi connectivity index (χ4n) is 2.70. The quantitative estimate of drug-likeness (QED) is 0.869. The van der Waals surface area contributed by atoms with Gasteiger partial charge in [-0.05, 0) is 24.3 Å². The molecule has 1 heterocycles. The largest absolute Gasteiger partial charge is 0.479 e. The van der Waals surface area contributed by atoms with E-state index in [2.05, 4.69) is 0 Å². The summed E-state index contributed by atoms with van der Waals surface area (Å²) in [6.45, 7) is 0.475. The van der Waals surface area contributed by atoms with Gasteiger partial charge in [0.15, 0.2) is 6.10 Å². The number of halogens is 1. The van der Waals surface area contributed by atoms with Gasteiger partial charge in [-0.15, -0.1) is 0 Å². The molecule has 7 heteroatoms. The van der Waals surface area contributed by atoms with Gasteiger partial charge < -0.3 is 19.5 Å². The number of morpholine rings is 1. The van der Waals surface area contributed by atoms with Crippen LogP contribution in [-0.2, 0) is 14.3 Å². The molecule has 1 amide bonds. The monoisotopic (exact) mass is 375 g/mol. The molecule has 0 bridgehead atoms. The number of amides is 1. The first-order valence-corrected chi connectivity index (χ1v) is 8.53. The standard InChI is InChI=1S/C19H18ClNO5/c20-14-6-8-15(9-7-14)26-17(13-4-2-1-3-5-13)18(22)21-10-11-25-16(12-21)19(23)24/h1-9,16-17H,10-12H2,(H,23,24). The summed E-state index contributed by atoms with van der Waals surface area (Å²) in [5.74, 6) is -0.891. The van der Waals surface area contributed by atoms with Crippen molar-refractivity contribution >= 4 is 23.5 Å². The van der Waals surface area contributed by atoms with Gasteiger partial charge in [0.05, 0.1) is 13.2 Å². The Labute approximate surface area is 155 Å². The number of ether oxygens (including phenoxy) is 2. The van der Waals surface area contributed by atoms with Crippen LogP contribution in [-0.4, -0.2) is 47.7 Å². The molecule has 6 nitrogen and oxygen atoms in total. The van der Waals surface area contributed by atoms with Crippen LogP contribution in [0.2, 0.25) is 5.02 Å². The molecular formula is C19H18ClNO5. The first-order chi connectivity index (χ1) is 12.5. The Morgan fingerprint density at radius 2 is 1.85 bits per heavy atom. The van der Waals surface area contributed by atoms with Crippen molar-refractivity contribution < 1.29 is 24.2 Å². The van der Waals surface area contributed by atoms with Crippen molar-refractivity contribution in [2.45, 2.75) is 12.2 Å². The van der Waals surface area contributed by atoms with Crippen LogP contribution in [0.5, 0.6) is 5.75 Å². The number of carbonyl (C=O) groups is 2. The van der Waals surface area contributed by atoms with Gasteiger partial charge in [-0.2, -0.15) is 0 Å². The van der Waals surface area contributed by atoms with Crippen molar-refractivity contribution in [3.63, 3.8) is 0 Å². The summed E-state index contributed by atoms with van der Waals surface area (Å²) in [6, 6.07) is 15.8. The van der Waals surface area contributed by atoms with Gasteiger partial charge >= 0.3 is 5.97 Å². The van der Waals surface area contributed by atoms with Crippen molar-refractivity contribution in [1.29, 1.82) is 0 Å². The van der Waals surface area contributed by atoms with Crippen molar-refractivity contribution in [2.75, 3.05) is 19.7 Å². The lowest BCUT2D eigenvalue weighted by atomic mass is 10.1. The van der Waals surface area contributed by atoms with Gasteiger partial charge in [-0.3, -0.25) is 4.79 Å². The lowest BCUT2D eigenvalue weighted by Gasteiger charge is -2.33. The molecule has 0 spiro atoms. The molecular weight excluding hydrogens is 358 g/mol. The molecule has 0 saturated carbocycles. The molecule has 1 aliphatic heterocycles. The highest BCUT2D eigenvalue weighted by atomic mass is 35.5. The predicted octanol–water partition coefficient (Wildman–Crippen LogP) is 2.77. The van der Waals surface area contributed by atoms with Gasteiger partial charge in [-0.25, -0.2) is 4.79 Å². The van der Waals surface area contributed by atoms with Crippen molar-refractivity contribution in [3.8, 4) is 5.75 Å². The zero-order valence-corrected chi connectivity index (χ0v) is 14.6. The third-order valence-electron chi connectivity index (χ3n) is 4.05. The molecule has 0 aliphatic carbocycles. The molecule has 2 atom stereocenters.